The second-order valence-corrected chi connectivity index (χ2v) is 6.12. The highest BCUT2D eigenvalue weighted by atomic mass is 35.5. The first-order chi connectivity index (χ1) is 8.91. The summed E-state index contributed by atoms with van der Waals surface area (Å²) in [5.74, 6) is 0.238. The molecule has 0 radical (unpaired) electrons. The van der Waals surface area contributed by atoms with Crippen LogP contribution in [0.2, 0.25) is 0 Å². The summed E-state index contributed by atoms with van der Waals surface area (Å²) >= 11 is 0. The van der Waals surface area contributed by atoms with Crippen molar-refractivity contribution in [2.45, 2.75) is 58.5 Å². The largest absolute Gasteiger partial charge is 0.342 e. The van der Waals surface area contributed by atoms with Crippen LogP contribution in [-0.2, 0) is 4.79 Å². The predicted octanol–water partition coefficient (Wildman–Crippen LogP) is 2.54. The molecular weight excluding hydrogens is 309 g/mol. The minimum Gasteiger partial charge on any atom is -0.342 e. The van der Waals surface area contributed by atoms with E-state index in [1.54, 1.807) is 0 Å². The first kappa shape index (κ1) is 23.2. The highest BCUT2D eigenvalue weighted by Gasteiger charge is 2.38. The fourth-order valence-corrected chi connectivity index (χ4v) is 3.08. The summed E-state index contributed by atoms with van der Waals surface area (Å²) in [5.41, 5.74) is 5.53. The Morgan fingerprint density at radius 3 is 2.24 bits per heavy atom. The quantitative estimate of drug-likeness (QED) is 0.835. The maximum atomic E-state index is 12.8. The molecule has 4 nitrogen and oxygen atoms in total. The van der Waals surface area contributed by atoms with Gasteiger partial charge in [-0.3, -0.25) is 4.79 Å². The van der Waals surface area contributed by atoms with E-state index >= 15 is 0 Å². The molecule has 0 aromatic rings. The Bertz CT molecular complexity index is 303. The van der Waals surface area contributed by atoms with Gasteiger partial charge in [-0.05, 0) is 39.7 Å². The monoisotopic (exact) mass is 341 g/mol. The Morgan fingerprint density at radius 1 is 1.33 bits per heavy atom. The van der Waals surface area contributed by atoms with E-state index in [0.717, 1.165) is 32.2 Å². The number of hydrogen-bond acceptors (Lipinski definition) is 3. The lowest BCUT2D eigenvalue weighted by atomic mass is 9.80. The van der Waals surface area contributed by atoms with Crippen molar-refractivity contribution in [1.29, 1.82) is 0 Å². The lowest BCUT2D eigenvalue weighted by Gasteiger charge is -2.42. The maximum Gasteiger partial charge on any atom is 0.230 e. The molecule has 2 atom stereocenters. The third-order valence-electron chi connectivity index (χ3n) is 5.25. The van der Waals surface area contributed by atoms with Gasteiger partial charge in [0, 0.05) is 32.2 Å². The van der Waals surface area contributed by atoms with E-state index < -0.39 is 0 Å². The number of rotatable bonds is 5. The molecule has 0 aromatic carbocycles. The number of nitrogens with zero attached hydrogens (tertiary/aromatic N) is 2. The summed E-state index contributed by atoms with van der Waals surface area (Å²) in [5, 5.41) is 0. The highest BCUT2D eigenvalue weighted by molar-refractivity contribution is 5.85. The summed E-state index contributed by atoms with van der Waals surface area (Å²) in [4.78, 5) is 17.1. The fourth-order valence-electron chi connectivity index (χ4n) is 3.08. The van der Waals surface area contributed by atoms with Crippen molar-refractivity contribution in [1.82, 2.24) is 9.80 Å². The van der Waals surface area contributed by atoms with E-state index in [9.17, 15) is 4.79 Å². The van der Waals surface area contributed by atoms with Crippen LogP contribution in [0.15, 0.2) is 0 Å². The molecule has 6 heteroatoms. The third-order valence-corrected chi connectivity index (χ3v) is 5.25. The zero-order valence-electron chi connectivity index (χ0n) is 14.1. The minimum absolute atomic E-state index is 0. The van der Waals surface area contributed by atoms with Crippen LogP contribution in [-0.4, -0.2) is 55.0 Å². The summed E-state index contributed by atoms with van der Waals surface area (Å²) in [7, 11) is 4.12. The lowest BCUT2D eigenvalue weighted by Crippen LogP contribution is -2.53. The summed E-state index contributed by atoms with van der Waals surface area (Å²) < 4.78 is 0. The minimum atomic E-state index is -0.360. The van der Waals surface area contributed by atoms with Gasteiger partial charge in [-0.25, -0.2) is 0 Å². The molecule has 1 amide bonds. The first-order valence-corrected chi connectivity index (χ1v) is 7.59. The molecule has 21 heavy (non-hydrogen) atoms. The first-order valence-electron chi connectivity index (χ1n) is 7.59. The van der Waals surface area contributed by atoms with Gasteiger partial charge in [-0.15, -0.1) is 24.8 Å². The number of nitrogens with two attached hydrogens (primary N) is 1. The number of piperidine rings is 1. The summed E-state index contributed by atoms with van der Waals surface area (Å²) in [6, 6.07) is 0.909. The average Bonchev–Trinajstić information content (AvgIpc) is 2.43. The van der Waals surface area contributed by atoms with Gasteiger partial charge in [0.1, 0.15) is 0 Å². The molecule has 2 unspecified atom stereocenters. The lowest BCUT2D eigenvalue weighted by molar-refractivity contribution is -0.144. The van der Waals surface area contributed by atoms with Gasteiger partial charge in [-0.2, -0.15) is 0 Å². The van der Waals surface area contributed by atoms with Gasteiger partial charge in [0.15, 0.2) is 0 Å². The van der Waals surface area contributed by atoms with Crippen molar-refractivity contribution in [3.63, 3.8) is 0 Å². The van der Waals surface area contributed by atoms with Gasteiger partial charge >= 0.3 is 0 Å². The zero-order chi connectivity index (χ0) is 14.6. The number of hydrogen-bond donors (Lipinski definition) is 1. The Kier molecular flexibility index (Phi) is 10.9. The van der Waals surface area contributed by atoms with Crippen LogP contribution in [0.5, 0.6) is 0 Å². The number of carbonyl (C=O) groups excluding carboxylic acids is 1. The number of amides is 1. The maximum absolute atomic E-state index is 12.8. The Balaban J connectivity index is 0. The summed E-state index contributed by atoms with van der Waals surface area (Å²) in [6.07, 6.45) is 3.78. The van der Waals surface area contributed by atoms with Gasteiger partial charge in [0.25, 0.3) is 0 Å². The van der Waals surface area contributed by atoms with Gasteiger partial charge in [0.05, 0.1) is 5.41 Å². The normalized spacial score (nSPS) is 23.0. The molecule has 0 bridgehead atoms. The molecule has 0 spiro atoms. The van der Waals surface area contributed by atoms with Crippen LogP contribution < -0.4 is 5.73 Å². The van der Waals surface area contributed by atoms with Gasteiger partial charge in [0.2, 0.25) is 5.91 Å². The van der Waals surface area contributed by atoms with Crippen LogP contribution in [0.3, 0.4) is 0 Å². The number of carbonyl (C=O) groups is 1. The highest BCUT2D eigenvalue weighted by Crippen LogP contribution is 2.30. The molecule has 2 N–H and O–H groups in total. The molecule has 0 aliphatic carbocycles. The molecule has 128 valence electrons. The molecule has 1 aliphatic rings. The molecule has 1 heterocycles. The van der Waals surface area contributed by atoms with Crippen LogP contribution in [0.25, 0.3) is 0 Å². The van der Waals surface area contributed by atoms with Crippen LogP contribution in [0.1, 0.15) is 46.5 Å². The van der Waals surface area contributed by atoms with E-state index in [1.165, 1.54) is 0 Å². The van der Waals surface area contributed by atoms with Crippen LogP contribution in [0.4, 0.5) is 0 Å². The average molecular weight is 342 g/mol. The Hall–Kier alpha value is -0.0300. The molecule has 1 fully saturated rings. The van der Waals surface area contributed by atoms with Crippen LogP contribution >= 0.6 is 24.8 Å². The van der Waals surface area contributed by atoms with E-state index in [4.69, 9.17) is 5.73 Å². The molecular formula is C15H33Cl2N3O. The topological polar surface area (TPSA) is 49.6 Å². The number of likely N-dealkylation sites (tertiary alicyclic amines) is 1. The Morgan fingerprint density at radius 2 is 1.86 bits per heavy atom. The van der Waals surface area contributed by atoms with Gasteiger partial charge < -0.3 is 15.5 Å². The van der Waals surface area contributed by atoms with Crippen molar-refractivity contribution < 1.29 is 4.79 Å². The SMILES string of the molecule is CCC(CC)(CN)C(=O)N(C)C1CCN(C)C(C)C1.Cl.Cl. The molecule has 1 rings (SSSR count). The number of halogens is 2. The molecule has 1 aliphatic heterocycles. The zero-order valence-corrected chi connectivity index (χ0v) is 15.7. The van der Waals surface area contributed by atoms with Crippen molar-refractivity contribution >= 4 is 30.7 Å². The smallest absolute Gasteiger partial charge is 0.230 e. The summed E-state index contributed by atoms with van der Waals surface area (Å²) in [6.45, 7) is 7.89. The predicted molar refractivity (Wildman–Crippen MR) is 94.4 cm³/mol. The van der Waals surface area contributed by atoms with E-state index in [1.807, 2.05) is 11.9 Å². The fraction of sp³-hybridized carbons (Fsp3) is 0.933. The second kappa shape index (κ2) is 9.88. The van der Waals surface area contributed by atoms with E-state index in [0.29, 0.717) is 18.6 Å². The standard InChI is InChI=1S/C15H31N3O.2ClH/c1-6-15(7-2,11-16)14(19)18(5)13-8-9-17(4)12(3)10-13;;/h12-13H,6-11,16H2,1-5H3;2*1H. The van der Waals surface area contributed by atoms with Crippen LogP contribution in [0, 0.1) is 5.41 Å². The van der Waals surface area contributed by atoms with Crippen molar-refractivity contribution in [3.05, 3.63) is 0 Å². The molecule has 0 saturated carbocycles. The second-order valence-electron chi connectivity index (χ2n) is 6.12. The Labute approximate surface area is 142 Å². The van der Waals surface area contributed by atoms with Crippen molar-refractivity contribution in [3.8, 4) is 0 Å². The molecule has 0 aromatic heterocycles. The van der Waals surface area contributed by atoms with Crippen molar-refractivity contribution in [2.24, 2.45) is 11.1 Å². The van der Waals surface area contributed by atoms with Crippen molar-refractivity contribution in [2.75, 3.05) is 27.2 Å². The third kappa shape index (κ3) is 4.98. The van der Waals surface area contributed by atoms with Gasteiger partial charge in [-0.1, -0.05) is 13.8 Å². The van der Waals surface area contributed by atoms with E-state index in [-0.39, 0.29) is 36.1 Å². The molecule has 1 saturated heterocycles. The van der Waals surface area contributed by atoms with E-state index in [2.05, 4.69) is 32.7 Å².